The highest BCUT2D eigenvalue weighted by Gasteiger charge is 2.02. The predicted octanol–water partition coefficient (Wildman–Crippen LogP) is 3.46. The summed E-state index contributed by atoms with van der Waals surface area (Å²) < 4.78 is 2.80. The van der Waals surface area contributed by atoms with E-state index in [1.165, 1.54) is 11.1 Å². The Kier molecular flexibility index (Phi) is 14.8. The van der Waals surface area contributed by atoms with Gasteiger partial charge in [0, 0.05) is 25.4 Å². The molecule has 0 heterocycles. The summed E-state index contributed by atoms with van der Waals surface area (Å²) in [4.78, 5) is 0. The number of aliphatic hydroxyl groups is 1. The van der Waals surface area contributed by atoms with Gasteiger partial charge < -0.3 is 16.6 Å². The van der Waals surface area contributed by atoms with E-state index in [1.54, 1.807) is 0 Å². The smallest absolute Gasteiger partial charge is 0.0319 e. The maximum atomic E-state index is 7.00. The van der Waals surface area contributed by atoms with Crippen molar-refractivity contribution in [1.82, 2.24) is 4.72 Å². The molecule has 0 aromatic heterocycles. The van der Waals surface area contributed by atoms with Crippen molar-refractivity contribution in [3.05, 3.63) is 65.7 Å². The van der Waals surface area contributed by atoms with Gasteiger partial charge in [-0.2, -0.15) is 0 Å². The minimum absolute atomic E-state index is 0.224. The zero-order valence-electron chi connectivity index (χ0n) is 16.2. The van der Waals surface area contributed by atoms with Gasteiger partial charge in [-0.3, -0.25) is 4.72 Å². The number of nitrogens with one attached hydrogen (secondary N) is 1. The van der Waals surface area contributed by atoms with Crippen LogP contribution in [-0.4, -0.2) is 24.8 Å². The number of nitrogen functional groups attached to an aromatic ring is 1. The van der Waals surface area contributed by atoms with Gasteiger partial charge in [0.15, 0.2) is 0 Å². The maximum absolute atomic E-state index is 7.00. The van der Waals surface area contributed by atoms with E-state index in [0.29, 0.717) is 0 Å². The number of aliphatic hydroxyl groups excluding tert-OH is 1. The minimum Gasteiger partial charge on any atom is -0.400 e. The van der Waals surface area contributed by atoms with E-state index in [4.69, 9.17) is 16.6 Å². The highest BCUT2D eigenvalue weighted by molar-refractivity contribution is 7.78. The summed E-state index contributed by atoms with van der Waals surface area (Å²) >= 11 is 3.92. The number of thiol groups is 1. The zero-order valence-corrected chi connectivity index (χ0v) is 17.1. The van der Waals surface area contributed by atoms with Crippen molar-refractivity contribution >= 4 is 18.5 Å². The van der Waals surface area contributed by atoms with Crippen LogP contribution in [-0.2, 0) is 12.8 Å². The lowest BCUT2D eigenvalue weighted by Gasteiger charge is -2.10. The lowest BCUT2D eigenvalue weighted by molar-refractivity contribution is 0.399. The van der Waals surface area contributed by atoms with E-state index in [-0.39, 0.29) is 6.04 Å². The Hall–Kier alpha value is -1.53. The molecular weight excluding hydrogens is 342 g/mol. The molecule has 146 valence electrons. The van der Waals surface area contributed by atoms with Crippen molar-refractivity contribution in [2.24, 2.45) is 11.7 Å². The Morgan fingerprint density at radius 1 is 0.923 bits per heavy atom. The van der Waals surface area contributed by atoms with Crippen LogP contribution in [0.4, 0.5) is 5.69 Å². The third-order valence-corrected chi connectivity index (χ3v) is 3.81. The first-order valence-electron chi connectivity index (χ1n) is 8.96. The monoisotopic (exact) mass is 377 g/mol. The van der Waals surface area contributed by atoms with Gasteiger partial charge in [0.2, 0.25) is 0 Å². The third kappa shape index (κ3) is 12.8. The number of hydrogen-bond donors (Lipinski definition) is 5. The summed E-state index contributed by atoms with van der Waals surface area (Å²) in [6, 6.07) is 18.6. The van der Waals surface area contributed by atoms with E-state index >= 15 is 0 Å². The first-order chi connectivity index (χ1) is 12.5. The number of rotatable bonds is 7. The molecule has 0 radical (unpaired) electrons. The fraction of sp³-hybridized carbons (Fsp3) is 0.429. The molecule has 0 saturated carbocycles. The molecule has 1 unspecified atom stereocenters. The van der Waals surface area contributed by atoms with Crippen molar-refractivity contribution in [3.63, 3.8) is 0 Å². The Morgan fingerprint density at radius 3 is 1.96 bits per heavy atom. The molecule has 0 aliphatic heterocycles. The Labute approximate surface area is 164 Å². The third-order valence-electron chi connectivity index (χ3n) is 3.59. The van der Waals surface area contributed by atoms with Crippen molar-refractivity contribution in [3.8, 4) is 0 Å². The lowest BCUT2D eigenvalue weighted by Crippen LogP contribution is -2.26. The van der Waals surface area contributed by atoms with Crippen molar-refractivity contribution in [1.29, 1.82) is 0 Å². The van der Waals surface area contributed by atoms with Gasteiger partial charge >= 0.3 is 0 Å². The number of anilines is 1. The predicted molar refractivity (Wildman–Crippen MR) is 117 cm³/mol. The molecule has 26 heavy (non-hydrogen) atoms. The van der Waals surface area contributed by atoms with Gasteiger partial charge in [-0.25, -0.2) is 0 Å². The van der Waals surface area contributed by atoms with E-state index in [0.717, 1.165) is 44.5 Å². The van der Waals surface area contributed by atoms with Crippen LogP contribution in [0.25, 0.3) is 0 Å². The molecule has 2 aromatic carbocycles. The zero-order chi connectivity index (χ0) is 19.8. The molecule has 0 fully saturated rings. The number of hydrogen-bond acceptors (Lipinski definition) is 5. The SMILES string of the molecule is CC(C)Cc1ccc(N)cc1.CO.NC(CCNS)Cc1ccccc1. The second-order valence-electron chi connectivity index (χ2n) is 6.49. The van der Waals surface area contributed by atoms with Gasteiger partial charge in [-0.1, -0.05) is 69.1 Å². The summed E-state index contributed by atoms with van der Waals surface area (Å²) in [6.07, 6.45) is 3.04. The molecular formula is C21H35N3OS. The molecule has 1 atom stereocenters. The summed E-state index contributed by atoms with van der Waals surface area (Å²) in [6.45, 7) is 5.30. The normalized spacial score (nSPS) is 11.0. The van der Waals surface area contributed by atoms with Crippen molar-refractivity contribution in [2.45, 2.75) is 39.2 Å². The van der Waals surface area contributed by atoms with Crippen molar-refractivity contribution in [2.75, 3.05) is 19.4 Å². The number of benzene rings is 2. The molecule has 6 N–H and O–H groups in total. The first-order valence-corrected chi connectivity index (χ1v) is 9.41. The Balaban J connectivity index is 0.000000444. The summed E-state index contributed by atoms with van der Waals surface area (Å²) in [7, 11) is 1.00. The van der Waals surface area contributed by atoms with E-state index in [2.05, 4.69) is 55.6 Å². The van der Waals surface area contributed by atoms with Crippen LogP contribution in [0.15, 0.2) is 54.6 Å². The fourth-order valence-electron chi connectivity index (χ4n) is 2.39. The standard InChI is InChI=1S/C10H16N2S.C10H15N.CH4O/c11-10(6-7-12-13)8-9-4-2-1-3-5-9;1-8(2)7-9-3-5-10(11)6-4-9;1-2/h1-5,10,12-13H,6-8,11H2;3-6,8H,7,11H2,1-2H3;2H,1H3. The maximum Gasteiger partial charge on any atom is 0.0319 e. The summed E-state index contributed by atoms with van der Waals surface area (Å²) in [5.74, 6) is 0.721. The van der Waals surface area contributed by atoms with E-state index in [1.807, 2.05) is 30.3 Å². The lowest BCUT2D eigenvalue weighted by atomic mass is 10.0. The Bertz CT molecular complexity index is 547. The van der Waals surface area contributed by atoms with Crippen LogP contribution >= 0.6 is 12.8 Å². The molecule has 5 heteroatoms. The van der Waals surface area contributed by atoms with Crippen LogP contribution in [0, 0.1) is 5.92 Å². The second-order valence-corrected chi connectivity index (χ2v) is 6.80. The van der Waals surface area contributed by atoms with Gasteiger partial charge in [-0.15, -0.1) is 0 Å². The molecule has 2 aromatic rings. The van der Waals surface area contributed by atoms with Gasteiger partial charge in [0.25, 0.3) is 0 Å². The van der Waals surface area contributed by atoms with Crippen LogP contribution < -0.4 is 16.2 Å². The molecule has 0 spiro atoms. The van der Waals surface area contributed by atoms with Crippen molar-refractivity contribution < 1.29 is 5.11 Å². The minimum atomic E-state index is 0.224. The van der Waals surface area contributed by atoms with Crippen LogP contribution in [0.5, 0.6) is 0 Å². The highest BCUT2D eigenvalue weighted by Crippen LogP contribution is 2.10. The molecule has 0 aliphatic carbocycles. The van der Waals surface area contributed by atoms with Gasteiger partial charge in [-0.05, 0) is 48.4 Å². The van der Waals surface area contributed by atoms with Crippen LogP contribution in [0.2, 0.25) is 0 Å². The quantitative estimate of drug-likeness (QED) is 0.378. The fourth-order valence-corrected chi connectivity index (χ4v) is 2.52. The van der Waals surface area contributed by atoms with Crippen LogP contribution in [0.1, 0.15) is 31.4 Å². The largest absolute Gasteiger partial charge is 0.400 e. The molecule has 0 aliphatic rings. The molecule has 0 amide bonds. The molecule has 4 nitrogen and oxygen atoms in total. The Morgan fingerprint density at radius 2 is 1.46 bits per heavy atom. The van der Waals surface area contributed by atoms with Gasteiger partial charge in [0.05, 0.1) is 0 Å². The van der Waals surface area contributed by atoms with E-state index < -0.39 is 0 Å². The summed E-state index contributed by atoms with van der Waals surface area (Å²) in [5, 5.41) is 7.00. The average molecular weight is 378 g/mol. The van der Waals surface area contributed by atoms with Gasteiger partial charge in [0.1, 0.15) is 0 Å². The second kappa shape index (κ2) is 15.7. The number of nitrogens with two attached hydrogens (primary N) is 2. The van der Waals surface area contributed by atoms with E-state index in [9.17, 15) is 0 Å². The van der Waals surface area contributed by atoms with Crippen LogP contribution in [0.3, 0.4) is 0 Å². The summed E-state index contributed by atoms with van der Waals surface area (Å²) in [5.41, 5.74) is 15.0. The average Bonchev–Trinajstić information content (AvgIpc) is 2.65. The molecule has 0 bridgehead atoms. The molecule has 2 rings (SSSR count). The topological polar surface area (TPSA) is 84.3 Å². The first kappa shape index (κ1) is 24.5. The highest BCUT2D eigenvalue weighted by atomic mass is 32.1. The molecule has 0 saturated heterocycles.